The molecule has 0 unspecified atom stereocenters. The molecule has 0 bridgehead atoms. The minimum atomic E-state index is -0.169. The van der Waals surface area contributed by atoms with Crippen molar-refractivity contribution in [1.82, 2.24) is 0 Å². The largest absolute Gasteiger partial charge is 0.493 e. The first-order valence-electron chi connectivity index (χ1n) is 7.38. The molecule has 0 radical (unpaired) electrons. The lowest BCUT2D eigenvalue weighted by molar-refractivity contribution is -0.110. The molecule has 0 fully saturated rings. The third-order valence-corrected chi connectivity index (χ3v) is 4.01. The number of methoxy groups -OCH3 is 2. The average Bonchev–Trinajstić information content (AvgIpc) is 3.17. The third kappa shape index (κ3) is 2.23. The van der Waals surface area contributed by atoms with E-state index in [0.717, 1.165) is 11.1 Å². The Morgan fingerprint density at radius 2 is 1.79 bits per heavy atom. The van der Waals surface area contributed by atoms with Crippen LogP contribution >= 0.6 is 0 Å². The molecule has 2 aliphatic heterocycles. The lowest BCUT2D eigenvalue weighted by Crippen LogP contribution is -2.03. The fraction of sp³-hybridized carbons (Fsp3) is 0.167. The van der Waals surface area contributed by atoms with E-state index in [1.165, 1.54) is 0 Å². The Kier molecular flexibility index (Phi) is 3.30. The monoisotopic (exact) mass is 325 g/mol. The van der Waals surface area contributed by atoms with Gasteiger partial charge < -0.3 is 24.3 Å². The molecule has 6 heteroatoms. The maximum absolute atomic E-state index is 12.4. The molecular weight excluding hydrogens is 310 g/mol. The second-order valence-electron chi connectivity index (χ2n) is 5.38. The molecule has 24 heavy (non-hydrogen) atoms. The summed E-state index contributed by atoms with van der Waals surface area (Å²) in [6, 6.07) is 9.11. The molecule has 0 aliphatic carbocycles. The third-order valence-electron chi connectivity index (χ3n) is 4.01. The van der Waals surface area contributed by atoms with Crippen molar-refractivity contribution in [3.05, 3.63) is 41.5 Å². The Balaban J connectivity index is 1.79. The number of hydrogen-bond donors (Lipinski definition) is 1. The smallest absolute Gasteiger partial charge is 0.256 e. The lowest BCUT2D eigenvalue weighted by atomic mass is 10.0. The predicted molar refractivity (Wildman–Crippen MR) is 88.6 cm³/mol. The van der Waals surface area contributed by atoms with Crippen LogP contribution in [0.2, 0.25) is 0 Å². The standard InChI is InChI=1S/C18H15NO5/c1-21-15-7-11-12(18(20)19-13(11)8-16(15)22-2)5-10-3-4-14-17(6-10)24-9-23-14/h3-8H,9H2,1-2H3,(H,19,20)/b12-5-. The van der Waals surface area contributed by atoms with E-state index in [1.54, 1.807) is 26.4 Å². The molecule has 0 saturated carbocycles. The molecule has 1 amide bonds. The number of hydrogen-bond acceptors (Lipinski definition) is 5. The molecule has 0 atom stereocenters. The molecule has 2 aromatic rings. The Labute approximate surface area is 138 Å². The maximum atomic E-state index is 12.4. The minimum absolute atomic E-state index is 0.169. The normalized spacial score (nSPS) is 16.1. The number of nitrogens with one attached hydrogen (secondary N) is 1. The summed E-state index contributed by atoms with van der Waals surface area (Å²) < 4.78 is 21.3. The summed E-state index contributed by atoms with van der Waals surface area (Å²) in [5.41, 5.74) is 2.89. The van der Waals surface area contributed by atoms with Gasteiger partial charge >= 0.3 is 0 Å². The molecule has 2 heterocycles. The van der Waals surface area contributed by atoms with Gasteiger partial charge in [0, 0.05) is 17.2 Å². The van der Waals surface area contributed by atoms with Crippen molar-refractivity contribution in [3.63, 3.8) is 0 Å². The summed E-state index contributed by atoms with van der Waals surface area (Å²) in [7, 11) is 3.13. The second-order valence-corrected chi connectivity index (χ2v) is 5.38. The van der Waals surface area contributed by atoms with Gasteiger partial charge in [-0.05, 0) is 29.8 Å². The number of ether oxygens (including phenoxy) is 4. The van der Waals surface area contributed by atoms with Crippen LogP contribution in [0.4, 0.5) is 5.69 Å². The molecule has 0 saturated heterocycles. The van der Waals surface area contributed by atoms with Crippen LogP contribution in [-0.4, -0.2) is 26.9 Å². The van der Waals surface area contributed by atoms with Gasteiger partial charge in [0.05, 0.1) is 19.9 Å². The van der Waals surface area contributed by atoms with Crippen LogP contribution < -0.4 is 24.3 Å². The van der Waals surface area contributed by atoms with Crippen molar-refractivity contribution in [2.24, 2.45) is 0 Å². The minimum Gasteiger partial charge on any atom is -0.493 e. The van der Waals surface area contributed by atoms with E-state index < -0.39 is 0 Å². The fourth-order valence-corrected chi connectivity index (χ4v) is 2.83. The van der Waals surface area contributed by atoms with E-state index in [1.807, 2.05) is 24.3 Å². The molecule has 4 rings (SSSR count). The molecule has 1 N–H and O–H groups in total. The van der Waals surface area contributed by atoms with Crippen molar-refractivity contribution in [2.45, 2.75) is 0 Å². The van der Waals surface area contributed by atoms with E-state index in [0.29, 0.717) is 34.3 Å². The number of fused-ring (bicyclic) bond motifs is 2. The van der Waals surface area contributed by atoms with Gasteiger partial charge in [-0.1, -0.05) is 6.07 Å². The van der Waals surface area contributed by atoms with Crippen molar-refractivity contribution < 1.29 is 23.7 Å². The zero-order valence-electron chi connectivity index (χ0n) is 13.2. The van der Waals surface area contributed by atoms with Crippen molar-refractivity contribution >= 4 is 23.2 Å². The van der Waals surface area contributed by atoms with Gasteiger partial charge in [0.2, 0.25) is 6.79 Å². The van der Waals surface area contributed by atoms with E-state index in [4.69, 9.17) is 18.9 Å². The summed E-state index contributed by atoms with van der Waals surface area (Å²) in [5.74, 6) is 2.36. The zero-order chi connectivity index (χ0) is 16.7. The van der Waals surface area contributed by atoms with Crippen LogP contribution in [0, 0.1) is 0 Å². The number of rotatable bonds is 3. The van der Waals surface area contributed by atoms with Gasteiger partial charge in [-0.3, -0.25) is 4.79 Å². The van der Waals surface area contributed by atoms with Gasteiger partial charge in [0.25, 0.3) is 5.91 Å². The number of anilines is 1. The van der Waals surface area contributed by atoms with E-state index in [9.17, 15) is 4.79 Å². The summed E-state index contributed by atoms with van der Waals surface area (Å²) >= 11 is 0. The highest BCUT2D eigenvalue weighted by atomic mass is 16.7. The highest BCUT2D eigenvalue weighted by molar-refractivity contribution is 6.35. The molecule has 6 nitrogen and oxygen atoms in total. The first kappa shape index (κ1) is 14.4. The van der Waals surface area contributed by atoms with Crippen LogP contribution in [0.5, 0.6) is 23.0 Å². The molecular formula is C18H15NO5. The molecule has 0 spiro atoms. The van der Waals surface area contributed by atoms with Crippen molar-refractivity contribution in [1.29, 1.82) is 0 Å². The number of carbonyl (C=O) groups excluding carboxylic acids is 1. The Morgan fingerprint density at radius 1 is 1.04 bits per heavy atom. The van der Waals surface area contributed by atoms with Crippen LogP contribution in [0.15, 0.2) is 30.3 Å². The van der Waals surface area contributed by atoms with Crippen molar-refractivity contribution in [2.75, 3.05) is 26.3 Å². The summed E-state index contributed by atoms with van der Waals surface area (Å²) in [4.78, 5) is 12.4. The van der Waals surface area contributed by atoms with Crippen LogP contribution in [-0.2, 0) is 4.79 Å². The molecule has 122 valence electrons. The van der Waals surface area contributed by atoms with Gasteiger partial charge in [-0.15, -0.1) is 0 Å². The van der Waals surface area contributed by atoms with E-state index in [2.05, 4.69) is 5.32 Å². The van der Waals surface area contributed by atoms with Gasteiger partial charge in [-0.2, -0.15) is 0 Å². The number of amides is 1. The highest BCUT2D eigenvalue weighted by Gasteiger charge is 2.26. The molecule has 0 aromatic heterocycles. The highest BCUT2D eigenvalue weighted by Crippen LogP contribution is 2.41. The van der Waals surface area contributed by atoms with Gasteiger partial charge in [0.15, 0.2) is 23.0 Å². The van der Waals surface area contributed by atoms with Crippen LogP contribution in [0.25, 0.3) is 11.6 Å². The predicted octanol–water partition coefficient (Wildman–Crippen LogP) is 2.93. The Hall–Kier alpha value is -3.15. The lowest BCUT2D eigenvalue weighted by Gasteiger charge is -2.09. The average molecular weight is 325 g/mol. The van der Waals surface area contributed by atoms with E-state index >= 15 is 0 Å². The summed E-state index contributed by atoms with van der Waals surface area (Å²) in [6.07, 6.45) is 1.81. The first-order chi connectivity index (χ1) is 11.7. The molecule has 2 aliphatic rings. The topological polar surface area (TPSA) is 66.0 Å². The van der Waals surface area contributed by atoms with Gasteiger partial charge in [0.1, 0.15) is 0 Å². The summed E-state index contributed by atoms with van der Waals surface area (Å²) in [6.45, 7) is 0.218. The fourth-order valence-electron chi connectivity index (χ4n) is 2.83. The van der Waals surface area contributed by atoms with E-state index in [-0.39, 0.29) is 12.7 Å². The van der Waals surface area contributed by atoms with Gasteiger partial charge in [-0.25, -0.2) is 0 Å². The van der Waals surface area contributed by atoms with Crippen molar-refractivity contribution in [3.8, 4) is 23.0 Å². The first-order valence-corrected chi connectivity index (χ1v) is 7.38. The number of carbonyl (C=O) groups is 1. The van der Waals surface area contributed by atoms with Crippen LogP contribution in [0.3, 0.4) is 0 Å². The Morgan fingerprint density at radius 3 is 2.58 bits per heavy atom. The maximum Gasteiger partial charge on any atom is 0.256 e. The Bertz CT molecular complexity index is 872. The van der Waals surface area contributed by atoms with Crippen LogP contribution in [0.1, 0.15) is 11.1 Å². The molecule has 2 aromatic carbocycles. The quantitative estimate of drug-likeness (QED) is 0.879. The SMILES string of the molecule is COc1cc2c(cc1OC)/C(=C/c1ccc3c(c1)OCO3)C(=O)N2. The number of benzene rings is 2. The summed E-state index contributed by atoms with van der Waals surface area (Å²) in [5, 5.41) is 2.85. The zero-order valence-corrected chi connectivity index (χ0v) is 13.2. The second kappa shape index (κ2) is 5.49.